The fraction of sp³-hybridized carbons (Fsp3) is 1.00. The van der Waals surface area contributed by atoms with Gasteiger partial charge in [-0.3, -0.25) is 0 Å². The third kappa shape index (κ3) is 1.66. The summed E-state index contributed by atoms with van der Waals surface area (Å²) in [6.07, 6.45) is 1.43. The molecule has 72 valence electrons. The van der Waals surface area contributed by atoms with Gasteiger partial charge in [-0.05, 0) is 36.9 Å². The normalized spacial score (nSPS) is 36.8. The average molecular weight is 186 g/mol. The lowest BCUT2D eigenvalue weighted by Gasteiger charge is -2.37. The zero-order valence-corrected chi connectivity index (χ0v) is 9.87. The Kier molecular flexibility index (Phi) is 3.14. The topological polar surface area (TPSA) is 0 Å². The predicted octanol–water partition coefficient (Wildman–Crippen LogP) is 3.81. The van der Waals surface area contributed by atoms with Crippen LogP contribution in [0.4, 0.5) is 0 Å². The quantitative estimate of drug-likeness (QED) is 0.632. The van der Waals surface area contributed by atoms with E-state index >= 15 is 0 Å². The molecular weight excluding hydrogens is 164 g/mol. The number of thioether (sulfide) groups is 1. The van der Waals surface area contributed by atoms with Gasteiger partial charge >= 0.3 is 0 Å². The van der Waals surface area contributed by atoms with E-state index in [4.69, 9.17) is 0 Å². The van der Waals surface area contributed by atoms with Gasteiger partial charge in [-0.25, -0.2) is 0 Å². The molecule has 0 aromatic carbocycles. The summed E-state index contributed by atoms with van der Waals surface area (Å²) in [5, 5.41) is 0. The van der Waals surface area contributed by atoms with Crippen molar-refractivity contribution in [2.45, 2.75) is 45.8 Å². The van der Waals surface area contributed by atoms with Crippen LogP contribution in [0.25, 0.3) is 0 Å². The molecule has 2 atom stereocenters. The van der Waals surface area contributed by atoms with E-state index in [1.807, 2.05) is 0 Å². The van der Waals surface area contributed by atoms with Crippen molar-refractivity contribution in [2.24, 2.45) is 17.8 Å². The van der Waals surface area contributed by atoms with E-state index < -0.39 is 0 Å². The zero-order valence-electron chi connectivity index (χ0n) is 9.05. The van der Waals surface area contributed by atoms with E-state index in [9.17, 15) is 0 Å². The van der Waals surface area contributed by atoms with Gasteiger partial charge in [0, 0.05) is 4.75 Å². The van der Waals surface area contributed by atoms with Gasteiger partial charge in [-0.2, -0.15) is 11.8 Å². The second-order valence-corrected chi connectivity index (χ2v) is 6.40. The highest BCUT2D eigenvalue weighted by atomic mass is 32.2. The zero-order chi connectivity index (χ0) is 9.35. The smallest absolute Gasteiger partial charge is 0.0185 e. The van der Waals surface area contributed by atoms with Crippen molar-refractivity contribution < 1.29 is 0 Å². The Labute approximate surface area is 81.5 Å². The molecule has 0 amide bonds. The Morgan fingerprint density at radius 1 is 1.25 bits per heavy atom. The molecule has 1 heteroatoms. The molecular formula is C11H22S. The average Bonchev–Trinajstić information content (AvgIpc) is 2.32. The predicted molar refractivity (Wildman–Crippen MR) is 58.6 cm³/mol. The molecule has 0 aromatic heterocycles. The maximum absolute atomic E-state index is 2.46. The fourth-order valence-corrected chi connectivity index (χ4v) is 4.14. The lowest BCUT2D eigenvalue weighted by atomic mass is 9.76. The van der Waals surface area contributed by atoms with Crippen LogP contribution in [0, 0.1) is 17.8 Å². The highest BCUT2D eigenvalue weighted by Gasteiger charge is 2.42. The van der Waals surface area contributed by atoms with Crippen molar-refractivity contribution in [3.05, 3.63) is 0 Å². The number of rotatable bonds is 2. The van der Waals surface area contributed by atoms with Gasteiger partial charge in [-0.15, -0.1) is 0 Å². The van der Waals surface area contributed by atoms with E-state index in [0.717, 1.165) is 17.8 Å². The molecule has 0 bridgehead atoms. The van der Waals surface area contributed by atoms with Crippen LogP contribution in [0.15, 0.2) is 0 Å². The third-order valence-corrected chi connectivity index (χ3v) is 5.37. The first-order valence-electron chi connectivity index (χ1n) is 5.12. The standard InChI is InChI=1S/C11H22S/c1-8(2)10-6-7-12-11(10,5)9(3)4/h8-10H,6-7H2,1-5H3/t10?,11-/m1/s1. The van der Waals surface area contributed by atoms with Gasteiger partial charge in [0.15, 0.2) is 0 Å². The summed E-state index contributed by atoms with van der Waals surface area (Å²) in [4.78, 5) is 0. The number of hydrogen-bond donors (Lipinski definition) is 0. The van der Waals surface area contributed by atoms with E-state index in [2.05, 4.69) is 46.4 Å². The molecule has 0 N–H and O–H groups in total. The molecule has 1 aliphatic heterocycles. The van der Waals surface area contributed by atoms with E-state index in [1.165, 1.54) is 12.2 Å². The van der Waals surface area contributed by atoms with Crippen LogP contribution in [-0.4, -0.2) is 10.5 Å². The Morgan fingerprint density at radius 3 is 2.17 bits per heavy atom. The molecule has 12 heavy (non-hydrogen) atoms. The van der Waals surface area contributed by atoms with Crippen LogP contribution < -0.4 is 0 Å². The van der Waals surface area contributed by atoms with Crippen molar-refractivity contribution in [1.29, 1.82) is 0 Å². The SMILES string of the molecule is CC(C)C1CCS[C@]1(C)C(C)C. The molecule has 1 unspecified atom stereocenters. The minimum absolute atomic E-state index is 0.550. The highest BCUT2D eigenvalue weighted by Crippen LogP contribution is 2.50. The first-order chi connectivity index (χ1) is 5.48. The van der Waals surface area contributed by atoms with Crippen molar-refractivity contribution >= 4 is 11.8 Å². The van der Waals surface area contributed by atoms with Gasteiger partial charge in [0.25, 0.3) is 0 Å². The minimum Gasteiger partial charge on any atom is -0.155 e. The van der Waals surface area contributed by atoms with Crippen molar-refractivity contribution in [2.75, 3.05) is 5.75 Å². The van der Waals surface area contributed by atoms with E-state index in [1.54, 1.807) is 0 Å². The Hall–Kier alpha value is 0.350. The van der Waals surface area contributed by atoms with Crippen molar-refractivity contribution in [1.82, 2.24) is 0 Å². The molecule has 0 aromatic rings. The van der Waals surface area contributed by atoms with Crippen LogP contribution in [0.3, 0.4) is 0 Å². The summed E-state index contributed by atoms with van der Waals surface area (Å²) >= 11 is 2.19. The molecule has 1 fully saturated rings. The Morgan fingerprint density at radius 2 is 1.83 bits per heavy atom. The lowest BCUT2D eigenvalue weighted by molar-refractivity contribution is 0.258. The minimum atomic E-state index is 0.550. The van der Waals surface area contributed by atoms with Gasteiger partial charge in [-0.1, -0.05) is 27.7 Å². The Balaban J connectivity index is 2.74. The van der Waals surface area contributed by atoms with Gasteiger partial charge in [0.2, 0.25) is 0 Å². The first kappa shape index (κ1) is 10.4. The maximum Gasteiger partial charge on any atom is 0.0185 e. The monoisotopic (exact) mass is 186 g/mol. The first-order valence-corrected chi connectivity index (χ1v) is 6.11. The lowest BCUT2D eigenvalue weighted by Crippen LogP contribution is -2.35. The van der Waals surface area contributed by atoms with Crippen molar-refractivity contribution in [3.63, 3.8) is 0 Å². The van der Waals surface area contributed by atoms with E-state index in [-0.39, 0.29) is 0 Å². The molecule has 1 saturated heterocycles. The molecule has 0 radical (unpaired) electrons. The molecule has 0 spiro atoms. The van der Waals surface area contributed by atoms with E-state index in [0.29, 0.717) is 4.75 Å². The summed E-state index contributed by atoms with van der Waals surface area (Å²) < 4.78 is 0.550. The molecule has 0 nitrogen and oxygen atoms in total. The maximum atomic E-state index is 2.46. The van der Waals surface area contributed by atoms with Crippen LogP contribution in [0.2, 0.25) is 0 Å². The van der Waals surface area contributed by atoms with Gasteiger partial charge < -0.3 is 0 Å². The molecule has 1 rings (SSSR count). The number of hydrogen-bond acceptors (Lipinski definition) is 1. The van der Waals surface area contributed by atoms with Crippen molar-refractivity contribution in [3.8, 4) is 0 Å². The summed E-state index contributed by atoms with van der Waals surface area (Å²) in [6, 6.07) is 0. The summed E-state index contributed by atoms with van der Waals surface area (Å²) in [5.41, 5.74) is 0. The van der Waals surface area contributed by atoms with Crippen LogP contribution in [0.1, 0.15) is 41.0 Å². The summed E-state index contributed by atoms with van der Waals surface area (Å²) in [7, 11) is 0. The summed E-state index contributed by atoms with van der Waals surface area (Å²) in [6.45, 7) is 11.9. The van der Waals surface area contributed by atoms with Gasteiger partial charge in [0.05, 0.1) is 0 Å². The van der Waals surface area contributed by atoms with Crippen LogP contribution in [0.5, 0.6) is 0 Å². The molecule has 0 saturated carbocycles. The second-order valence-electron chi connectivity index (χ2n) is 4.83. The molecule has 1 aliphatic rings. The molecule has 1 heterocycles. The highest BCUT2D eigenvalue weighted by molar-refractivity contribution is 8.00. The summed E-state index contributed by atoms with van der Waals surface area (Å²) in [5.74, 6) is 3.98. The van der Waals surface area contributed by atoms with Crippen LogP contribution in [-0.2, 0) is 0 Å². The third-order valence-electron chi connectivity index (χ3n) is 3.53. The molecule has 0 aliphatic carbocycles. The Bertz CT molecular complexity index is 151. The van der Waals surface area contributed by atoms with Gasteiger partial charge in [0.1, 0.15) is 0 Å². The van der Waals surface area contributed by atoms with Crippen LogP contribution >= 0.6 is 11.8 Å². The fourth-order valence-electron chi connectivity index (χ4n) is 2.39. The largest absolute Gasteiger partial charge is 0.155 e. The second kappa shape index (κ2) is 3.61.